The van der Waals surface area contributed by atoms with Crippen LogP contribution in [0.25, 0.3) is 5.78 Å². The molecule has 1 aliphatic rings. The molecular weight excluding hydrogens is 372 g/mol. The van der Waals surface area contributed by atoms with Gasteiger partial charge in [0.1, 0.15) is 0 Å². The van der Waals surface area contributed by atoms with Gasteiger partial charge in [0.05, 0.1) is 5.69 Å². The highest BCUT2D eigenvalue weighted by molar-refractivity contribution is 9.10. The Balaban J connectivity index is 1.64. The number of nitrogens with two attached hydrogens (primary N) is 1. The van der Waals surface area contributed by atoms with E-state index < -0.39 is 0 Å². The molecule has 1 unspecified atom stereocenters. The maximum atomic E-state index is 12.2. The molecule has 0 spiro atoms. The lowest BCUT2D eigenvalue weighted by Crippen LogP contribution is -2.38. The number of benzene rings is 1. The number of H-pyrrole nitrogens is 1. The molecule has 0 fully saturated rings. The molecule has 1 atom stereocenters. The lowest BCUT2D eigenvalue weighted by Gasteiger charge is -2.34. The first kappa shape index (κ1) is 15.3. The maximum Gasteiger partial charge on any atom is 0.274 e. The summed E-state index contributed by atoms with van der Waals surface area (Å²) in [7, 11) is 0. The van der Waals surface area contributed by atoms with Crippen molar-refractivity contribution in [2.75, 3.05) is 5.73 Å². The number of rotatable bonds is 2. The van der Waals surface area contributed by atoms with E-state index in [2.05, 4.69) is 61.0 Å². The van der Waals surface area contributed by atoms with Crippen LogP contribution in [-0.2, 0) is 19.5 Å². The van der Waals surface area contributed by atoms with E-state index in [0.717, 1.165) is 17.4 Å². The van der Waals surface area contributed by atoms with Crippen LogP contribution in [0.2, 0.25) is 0 Å². The van der Waals surface area contributed by atoms with Gasteiger partial charge >= 0.3 is 0 Å². The molecule has 3 heterocycles. The fraction of sp³-hybridized carbons (Fsp3) is 0.312. The van der Waals surface area contributed by atoms with Crippen molar-refractivity contribution in [3.05, 3.63) is 55.9 Å². The molecule has 0 saturated heterocycles. The Kier molecular flexibility index (Phi) is 3.65. The quantitative estimate of drug-likeness (QED) is 0.696. The molecule has 0 saturated carbocycles. The Morgan fingerprint density at radius 2 is 2.17 bits per heavy atom. The average Bonchev–Trinajstić information content (AvgIpc) is 2.89. The number of hydrogen-bond donors (Lipinski definition) is 2. The highest BCUT2D eigenvalue weighted by Gasteiger charge is 2.23. The van der Waals surface area contributed by atoms with Crippen LogP contribution in [0.15, 0.2) is 33.5 Å². The lowest BCUT2D eigenvalue weighted by molar-refractivity contribution is 0.173. The predicted octanol–water partition coefficient (Wildman–Crippen LogP) is 1.71. The van der Waals surface area contributed by atoms with Gasteiger partial charge in [0.2, 0.25) is 5.95 Å². The third kappa shape index (κ3) is 2.71. The number of aromatic amines is 1. The minimum Gasteiger partial charge on any atom is -0.368 e. The van der Waals surface area contributed by atoms with E-state index in [4.69, 9.17) is 5.73 Å². The summed E-state index contributed by atoms with van der Waals surface area (Å²) < 4.78 is 2.34. The van der Waals surface area contributed by atoms with E-state index >= 15 is 0 Å². The third-order valence-corrected chi connectivity index (χ3v) is 4.94. The maximum absolute atomic E-state index is 12.2. The van der Waals surface area contributed by atoms with Gasteiger partial charge in [-0.05, 0) is 36.6 Å². The van der Waals surface area contributed by atoms with Gasteiger partial charge in [0.15, 0.2) is 0 Å². The van der Waals surface area contributed by atoms with Crippen molar-refractivity contribution in [2.24, 2.45) is 0 Å². The molecule has 0 aliphatic carbocycles. The van der Waals surface area contributed by atoms with Crippen LogP contribution in [0.4, 0.5) is 5.95 Å². The standard InChI is InChI=1S/C16H17BrN6O/c1-9-4-10-2-3-12(17)5-11(10)7-22(9)8-13-6-14(24)23-16(19-13)20-15(18)21-23/h2-3,5-6,9H,4,7-8H2,1H3,(H3,18,19,20,21). The zero-order valence-electron chi connectivity index (χ0n) is 13.2. The van der Waals surface area contributed by atoms with Crippen LogP contribution in [0.3, 0.4) is 0 Å². The van der Waals surface area contributed by atoms with Crippen molar-refractivity contribution in [1.82, 2.24) is 24.5 Å². The second-order valence-corrected chi connectivity index (χ2v) is 7.12. The summed E-state index contributed by atoms with van der Waals surface area (Å²) in [5.74, 6) is 0.490. The van der Waals surface area contributed by atoms with Crippen molar-refractivity contribution in [3.8, 4) is 0 Å². The fourth-order valence-electron chi connectivity index (χ4n) is 3.21. The summed E-state index contributed by atoms with van der Waals surface area (Å²) in [6.45, 7) is 3.63. The summed E-state index contributed by atoms with van der Waals surface area (Å²) in [5.41, 5.74) is 8.79. The number of nitrogens with one attached hydrogen (secondary N) is 1. The Bertz CT molecular complexity index is 978. The van der Waals surface area contributed by atoms with Crippen LogP contribution >= 0.6 is 15.9 Å². The molecule has 2 aromatic heterocycles. The van der Waals surface area contributed by atoms with Crippen LogP contribution in [0.5, 0.6) is 0 Å². The first-order valence-corrected chi connectivity index (χ1v) is 8.54. The van der Waals surface area contributed by atoms with E-state index in [1.165, 1.54) is 21.7 Å². The molecule has 1 aromatic carbocycles. The summed E-state index contributed by atoms with van der Waals surface area (Å²) in [4.78, 5) is 23.0. The van der Waals surface area contributed by atoms with Crippen molar-refractivity contribution in [2.45, 2.75) is 32.5 Å². The van der Waals surface area contributed by atoms with Gasteiger partial charge in [0, 0.05) is 29.7 Å². The van der Waals surface area contributed by atoms with Crippen LogP contribution in [0.1, 0.15) is 23.7 Å². The smallest absolute Gasteiger partial charge is 0.274 e. The zero-order chi connectivity index (χ0) is 16.8. The van der Waals surface area contributed by atoms with Crippen molar-refractivity contribution in [3.63, 3.8) is 0 Å². The third-order valence-electron chi connectivity index (χ3n) is 4.45. The van der Waals surface area contributed by atoms with E-state index in [9.17, 15) is 4.79 Å². The van der Waals surface area contributed by atoms with Gasteiger partial charge in [-0.3, -0.25) is 14.8 Å². The number of aromatic nitrogens is 4. The van der Waals surface area contributed by atoms with Crippen LogP contribution in [-0.4, -0.2) is 30.5 Å². The predicted molar refractivity (Wildman–Crippen MR) is 94.6 cm³/mol. The molecule has 7 nitrogen and oxygen atoms in total. The van der Waals surface area contributed by atoms with Crippen molar-refractivity contribution < 1.29 is 0 Å². The molecular formula is C16H17BrN6O. The van der Waals surface area contributed by atoms with E-state index in [-0.39, 0.29) is 11.5 Å². The topological polar surface area (TPSA) is 92.3 Å². The van der Waals surface area contributed by atoms with E-state index in [1.54, 1.807) is 0 Å². The molecule has 124 valence electrons. The molecule has 1 aliphatic heterocycles. The minimum absolute atomic E-state index is 0.182. The number of nitrogens with zero attached hydrogens (tertiary/aromatic N) is 4. The summed E-state index contributed by atoms with van der Waals surface area (Å²) in [6, 6.07) is 8.33. The summed E-state index contributed by atoms with van der Waals surface area (Å²) >= 11 is 3.53. The zero-order valence-corrected chi connectivity index (χ0v) is 14.7. The van der Waals surface area contributed by atoms with Gasteiger partial charge < -0.3 is 5.73 Å². The molecule has 0 amide bonds. The van der Waals surface area contributed by atoms with E-state index in [0.29, 0.717) is 24.1 Å². The van der Waals surface area contributed by atoms with Crippen molar-refractivity contribution >= 4 is 27.7 Å². The number of fused-ring (bicyclic) bond motifs is 2. The second-order valence-electron chi connectivity index (χ2n) is 6.20. The second kappa shape index (κ2) is 5.71. The summed E-state index contributed by atoms with van der Waals surface area (Å²) in [5, 5.41) is 2.68. The van der Waals surface area contributed by atoms with Crippen LogP contribution < -0.4 is 11.3 Å². The number of anilines is 1. The average molecular weight is 389 g/mol. The highest BCUT2D eigenvalue weighted by atomic mass is 79.9. The fourth-order valence-corrected chi connectivity index (χ4v) is 3.62. The van der Waals surface area contributed by atoms with Gasteiger partial charge in [-0.25, -0.2) is 4.98 Å². The Morgan fingerprint density at radius 3 is 3.00 bits per heavy atom. The van der Waals surface area contributed by atoms with Crippen molar-refractivity contribution in [1.29, 1.82) is 0 Å². The number of halogens is 1. The van der Waals surface area contributed by atoms with Gasteiger partial charge in [-0.1, -0.05) is 22.0 Å². The number of nitrogen functional groups attached to an aromatic ring is 1. The first-order chi connectivity index (χ1) is 11.5. The SMILES string of the molecule is CC1Cc2ccc(Br)cc2CN1Cc1cc(=O)n2[nH]c(N)nc2n1. The molecule has 0 bridgehead atoms. The monoisotopic (exact) mass is 388 g/mol. The van der Waals surface area contributed by atoms with Gasteiger partial charge in [0.25, 0.3) is 11.3 Å². The lowest BCUT2D eigenvalue weighted by atomic mass is 9.95. The molecule has 0 radical (unpaired) electrons. The molecule has 4 rings (SSSR count). The highest BCUT2D eigenvalue weighted by Crippen LogP contribution is 2.27. The van der Waals surface area contributed by atoms with Gasteiger partial charge in [-0.15, -0.1) is 0 Å². The normalized spacial score (nSPS) is 18.0. The molecule has 24 heavy (non-hydrogen) atoms. The first-order valence-electron chi connectivity index (χ1n) is 7.75. The van der Waals surface area contributed by atoms with Crippen LogP contribution in [0, 0.1) is 0 Å². The van der Waals surface area contributed by atoms with Gasteiger partial charge in [-0.2, -0.15) is 9.50 Å². The minimum atomic E-state index is -0.202. The Labute approximate surface area is 146 Å². The molecule has 8 heteroatoms. The molecule has 3 aromatic rings. The Morgan fingerprint density at radius 1 is 1.33 bits per heavy atom. The largest absolute Gasteiger partial charge is 0.368 e. The number of hydrogen-bond acceptors (Lipinski definition) is 5. The van der Waals surface area contributed by atoms with E-state index in [1.807, 2.05) is 0 Å². The molecule has 3 N–H and O–H groups in total. The Hall–Kier alpha value is -2.19. The summed E-state index contributed by atoms with van der Waals surface area (Å²) in [6.07, 6.45) is 0.985.